The molecule has 4 rings (SSSR count). The van der Waals surface area contributed by atoms with Gasteiger partial charge in [-0.15, -0.1) is 0 Å². The molecule has 1 saturated heterocycles. The Morgan fingerprint density at radius 1 is 1.32 bits per heavy atom. The maximum atomic E-state index is 12.3. The Kier molecular flexibility index (Phi) is 5.90. The third-order valence-electron chi connectivity index (χ3n) is 5.72. The summed E-state index contributed by atoms with van der Waals surface area (Å²) < 4.78 is 1.27. The van der Waals surface area contributed by atoms with Crippen LogP contribution in [0.2, 0.25) is 0 Å². The van der Waals surface area contributed by atoms with Crippen LogP contribution in [0, 0.1) is 12.8 Å². The Balaban J connectivity index is 1.34. The highest BCUT2D eigenvalue weighted by Crippen LogP contribution is 2.24. The molecular formula is C21H27N7O3. The predicted molar refractivity (Wildman–Crippen MR) is 118 cm³/mol. The number of nitrogens with two attached hydrogens (primary N) is 1. The largest absolute Gasteiger partial charge is 0.480 e. The van der Waals surface area contributed by atoms with E-state index in [-0.39, 0.29) is 6.54 Å². The normalized spacial score (nSPS) is 15.9. The Labute approximate surface area is 179 Å². The minimum Gasteiger partial charge on any atom is -0.480 e. The van der Waals surface area contributed by atoms with Gasteiger partial charge < -0.3 is 26.0 Å². The second-order valence-electron chi connectivity index (χ2n) is 8.04. The second kappa shape index (κ2) is 8.76. The van der Waals surface area contributed by atoms with Gasteiger partial charge in [-0.25, -0.2) is 9.78 Å². The molecule has 3 aromatic rings. The zero-order valence-corrected chi connectivity index (χ0v) is 17.4. The monoisotopic (exact) mass is 425 g/mol. The zero-order valence-electron chi connectivity index (χ0n) is 17.4. The van der Waals surface area contributed by atoms with Crippen LogP contribution in [0.4, 0.5) is 11.8 Å². The molecule has 3 heterocycles. The molecule has 10 nitrogen and oxygen atoms in total. The van der Waals surface area contributed by atoms with E-state index in [9.17, 15) is 9.59 Å². The summed E-state index contributed by atoms with van der Waals surface area (Å²) in [7, 11) is 0. The molecule has 0 radical (unpaired) electrons. The van der Waals surface area contributed by atoms with Gasteiger partial charge in [0.15, 0.2) is 0 Å². The number of aliphatic carboxylic acids is 1. The van der Waals surface area contributed by atoms with Crippen molar-refractivity contribution >= 4 is 28.8 Å². The van der Waals surface area contributed by atoms with Crippen molar-refractivity contribution in [3.05, 3.63) is 46.5 Å². The molecule has 5 N–H and O–H groups in total. The molecule has 0 saturated carbocycles. The summed E-state index contributed by atoms with van der Waals surface area (Å²) in [5.41, 5.74) is 7.85. The van der Waals surface area contributed by atoms with Crippen molar-refractivity contribution in [2.75, 3.05) is 29.9 Å². The minimum atomic E-state index is -1.15. The molecule has 0 unspecified atom stereocenters. The first-order valence-electron chi connectivity index (χ1n) is 10.4. The lowest BCUT2D eigenvalue weighted by Crippen LogP contribution is -2.41. The van der Waals surface area contributed by atoms with E-state index < -0.39 is 17.7 Å². The number of nitrogens with one attached hydrogen (secondary N) is 2. The first kappa shape index (κ1) is 20.9. The third kappa shape index (κ3) is 4.69. The fraction of sp³-hybridized carbons (Fsp3) is 0.429. The van der Waals surface area contributed by atoms with Gasteiger partial charge in [0.1, 0.15) is 11.9 Å². The maximum absolute atomic E-state index is 12.3. The highest BCUT2D eigenvalue weighted by molar-refractivity contribution is 5.77. The number of imidazole rings is 1. The van der Waals surface area contributed by atoms with E-state index in [1.54, 1.807) is 6.20 Å². The average molecular weight is 425 g/mol. The SMILES string of the molecule is Cc1cn(C[C@H](N)C(=O)O)c(=O)nc1N1CCC(CNc2nc3ccccc3[nH]2)CC1. The summed E-state index contributed by atoms with van der Waals surface area (Å²) in [6.07, 6.45) is 3.59. The highest BCUT2D eigenvalue weighted by Gasteiger charge is 2.23. The number of piperidine rings is 1. The number of hydrogen-bond acceptors (Lipinski definition) is 7. The first-order valence-corrected chi connectivity index (χ1v) is 10.4. The van der Waals surface area contributed by atoms with Gasteiger partial charge in [-0.05, 0) is 37.8 Å². The molecule has 0 spiro atoms. The summed E-state index contributed by atoms with van der Waals surface area (Å²) in [5.74, 6) is 0.795. The number of aryl methyl sites for hydroxylation is 1. The number of aromatic amines is 1. The lowest BCUT2D eigenvalue weighted by Gasteiger charge is -2.33. The van der Waals surface area contributed by atoms with Crippen LogP contribution < -0.4 is 21.6 Å². The number of aromatic nitrogens is 4. The Hall–Kier alpha value is -3.40. The molecule has 1 aromatic carbocycles. The van der Waals surface area contributed by atoms with Crippen molar-refractivity contribution in [3.8, 4) is 0 Å². The Morgan fingerprint density at radius 2 is 2.06 bits per heavy atom. The topological polar surface area (TPSA) is 142 Å². The highest BCUT2D eigenvalue weighted by atomic mass is 16.4. The lowest BCUT2D eigenvalue weighted by atomic mass is 9.96. The van der Waals surface area contributed by atoms with Crippen molar-refractivity contribution in [3.63, 3.8) is 0 Å². The number of carbonyl (C=O) groups is 1. The van der Waals surface area contributed by atoms with Crippen LogP contribution in [0.5, 0.6) is 0 Å². The van der Waals surface area contributed by atoms with E-state index in [1.807, 2.05) is 31.2 Å². The van der Waals surface area contributed by atoms with Crippen LogP contribution in [0.25, 0.3) is 11.0 Å². The van der Waals surface area contributed by atoms with Gasteiger partial charge in [-0.1, -0.05) is 12.1 Å². The van der Waals surface area contributed by atoms with Gasteiger partial charge >= 0.3 is 11.7 Å². The average Bonchev–Trinajstić information content (AvgIpc) is 3.18. The molecule has 1 aliphatic heterocycles. The number of carboxylic acids is 1. The minimum absolute atomic E-state index is 0.0994. The van der Waals surface area contributed by atoms with Gasteiger partial charge in [0, 0.05) is 31.4 Å². The zero-order chi connectivity index (χ0) is 22.0. The van der Waals surface area contributed by atoms with Crippen LogP contribution >= 0.6 is 0 Å². The van der Waals surface area contributed by atoms with Crippen LogP contribution in [-0.2, 0) is 11.3 Å². The van der Waals surface area contributed by atoms with Gasteiger partial charge in [0.2, 0.25) is 5.95 Å². The van der Waals surface area contributed by atoms with E-state index in [4.69, 9.17) is 10.8 Å². The predicted octanol–water partition coefficient (Wildman–Crippen LogP) is 1.17. The van der Waals surface area contributed by atoms with Crippen LogP contribution in [0.15, 0.2) is 35.3 Å². The molecule has 2 aromatic heterocycles. The van der Waals surface area contributed by atoms with Crippen molar-refractivity contribution in [1.29, 1.82) is 0 Å². The molecule has 31 heavy (non-hydrogen) atoms. The van der Waals surface area contributed by atoms with Crippen LogP contribution in [-0.4, -0.2) is 56.3 Å². The summed E-state index contributed by atoms with van der Waals surface area (Å²) in [4.78, 5) is 37.5. The number of H-pyrrole nitrogens is 1. The number of rotatable bonds is 7. The van der Waals surface area contributed by atoms with Gasteiger partial charge in [0.05, 0.1) is 17.6 Å². The van der Waals surface area contributed by atoms with E-state index in [1.165, 1.54) is 4.57 Å². The Bertz CT molecular complexity index is 1100. The maximum Gasteiger partial charge on any atom is 0.349 e. The summed E-state index contributed by atoms with van der Waals surface area (Å²) in [5, 5.41) is 12.4. The fourth-order valence-corrected chi connectivity index (χ4v) is 3.96. The van der Waals surface area contributed by atoms with Crippen LogP contribution in [0.1, 0.15) is 18.4 Å². The molecule has 0 amide bonds. The number of para-hydroxylation sites is 2. The van der Waals surface area contributed by atoms with Gasteiger partial charge in [-0.3, -0.25) is 9.36 Å². The summed E-state index contributed by atoms with van der Waals surface area (Å²) in [6, 6.07) is 6.80. The molecular weight excluding hydrogens is 398 g/mol. The molecule has 1 atom stereocenters. The quantitative estimate of drug-likeness (QED) is 0.442. The van der Waals surface area contributed by atoms with Gasteiger partial charge in [-0.2, -0.15) is 4.98 Å². The van der Waals surface area contributed by atoms with Crippen molar-refractivity contribution in [2.24, 2.45) is 11.7 Å². The standard InChI is InChI=1S/C21H27N7O3/c1-13-11-28(12-15(22)19(29)30)21(31)26-18(13)27-8-6-14(7-9-27)10-23-20-24-16-4-2-3-5-17(16)25-20/h2-5,11,14-15H,6-10,12,22H2,1H3,(H,29,30)(H2,23,24,25)/t15-/m0/s1. The number of carboxylic acid groups (broad SMARTS) is 1. The summed E-state index contributed by atoms with van der Waals surface area (Å²) in [6.45, 7) is 4.21. The van der Waals surface area contributed by atoms with Crippen molar-refractivity contribution in [2.45, 2.75) is 32.4 Å². The Morgan fingerprint density at radius 3 is 2.77 bits per heavy atom. The number of fused-ring (bicyclic) bond motifs is 1. The van der Waals surface area contributed by atoms with E-state index in [2.05, 4.69) is 25.2 Å². The summed E-state index contributed by atoms with van der Waals surface area (Å²) >= 11 is 0. The molecule has 0 bridgehead atoms. The van der Waals surface area contributed by atoms with Crippen LogP contribution in [0.3, 0.4) is 0 Å². The smallest absolute Gasteiger partial charge is 0.349 e. The number of hydrogen-bond donors (Lipinski definition) is 4. The third-order valence-corrected chi connectivity index (χ3v) is 5.72. The number of benzene rings is 1. The van der Waals surface area contributed by atoms with Gasteiger partial charge in [0.25, 0.3) is 0 Å². The first-order chi connectivity index (χ1) is 14.9. The molecule has 0 aliphatic carbocycles. The fourth-order valence-electron chi connectivity index (χ4n) is 3.96. The molecule has 164 valence electrons. The van der Waals surface area contributed by atoms with E-state index in [0.29, 0.717) is 11.7 Å². The van der Waals surface area contributed by atoms with E-state index in [0.717, 1.165) is 55.0 Å². The number of nitrogens with zero attached hydrogens (tertiary/aromatic N) is 4. The lowest BCUT2D eigenvalue weighted by molar-refractivity contribution is -0.138. The molecule has 1 fully saturated rings. The molecule has 10 heteroatoms. The van der Waals surface area contributed by atoms with Crippen molar-refractivity contribution in [1.82, 2.24) is 19.5 Å². The van der Waals surface area contributed by atoms with Crippen molar-refractivity contribution < 1.29 is 9.90 Å². The second-order valence-corrected chi connectivity index (χ2v) is 8.04. The molecule has 1 aliphatic rings. The number of anilines is 2. The van der Waals surface area contributed by atoms with E-state index >= 15 is 0 Å².